The van der Waals surface area contributed by atoms with Crippen molar-refractivity contribution in [3.05, 3.63) is 52.8 Å². The fourth-order valence-electron chi connectivity index (χ4n) is 3.52. The van der Waals surface area contributed by atoms with Gasteiger partial charge in [0.05, 0.1) is 11.1 Å². The van der Waals surface area contributed by atoms with Gasteiger partial charge in [0.15, 0.2) is 5.82 Å². The molecule has 7 nitrogen and oxygen atoms in total. The maximum absolute atomic E-state index is 9.14. The Morgan fingerprint density at radius 2 is 2.00 bits per heavy atom. The highest BCUT2D eigenvalue weighted by molar-refractivity contribution is 7.17. The number of fused-ring (bicyclic) bond motifs is 1. The molecule has 0 saturated heterocycles. The van der Waals surface area contributed by atoms with Crippen molar-refractivity contribution in [1.29, 1.82) is 5.26 Å². The van der Waals surface area contributed by atoms with Crippen molar-refractivity contribution in [2.24, 2.45) is 0 Å². The third kappa shape index (κ3) is 4.11. The van der Waals surface area contributed by atoms with E-state index in [-0.39, 0.29) is 5.82 Å². The number of rotatable bonds is 8. The number of nitrogen functional groups attached to an aromatic ring is 1. The molecule has 3 heterocycles. The number of thiophene rings is 1. The van der Waals surface area contributed by atoms with Crippen LogP contribution in [0.3, 0.4) is 0 Å². The van der Waals surface area contributed by atoms with Crippen LogP contribution in [0.25, 0.3) is 21.3 Å². The lowest BCUT2D eigenvalue weighted by Crippen LogP contribution is -2.06. The number of aromatic amines is 1. The van der Waals surface area contributed by atoms with Gasteiger partial charge in [-0.1, -0.05) is 36.8 Å². The van der Waals surface area contributed by atoms with E-state index in [0.717, 1.165) is 59.8 Å². The van der Waals surface area contributed by atoms with Crippen molar-refractivity contribution in [3.8, 4) is 17.2 Å². The number of unbranched alkanes of at least 4 members (excludes halogenated alkanes) is 2. The van der Waals surface area contributed by atoms with Crippen LogP contribution in [0, 0.1) is 18.3 Å². The Labute approximate surface area is 179 Å². The van der Waals surface area contributed by atoms with Gasteiger partial charge >= 0.3 is 0 Å². The molecule has 4 N–H and O–H groups in total. The molecule has 8 heteroatoms. The van der Waals surface area contributed by atoms with Crippen LogP contribution in [-0.4, -0.2) is 26.7 Å². The second-order valence-electron chi connectivity index (χ2n) is 7.13. The number of anilines is 2. The third-order valence-corrected chi connectivity index (χ3v) is 5.88. The van der Waals surface area contributed by atoms with E-state index >= 15 is 0 Å². The fraction of sp³-hybridized carbons (Fsp3) is 0.273. The van der Waals surface area contributed by atoms with Crippen LogP contribution in [0.5, 0.6) is 0 Å². The zero-order valence-corrected chi connectivity index (χ0v) is 17.6. The molecule has 0 saturated carbocycles. The van der Waals surface area contributed by atoms with Crippen LogP contribution < -0.4 is 11.1 Å². The van der Waals surface area contributed by atoms with Crippen LogP contribution in [0.15, 0.2) is 35.7 Å². The molecule has 30 heavy (non-hydrogen) atoms. The number of hydrogen-bond acceptors (Lipinski definition) is 7. The summed E-state index contributed by atoms with van der Waals surface area (Å²) in [5, 5.41) is 22.7. The van der Waals surface area contributed by atoms with Crippen molar-refractivity contribution >= 4 is 33.2 Å². The Kier molecular flexibility index (Phi) is 5.91. The molecular weight excluding hydrogens is 394 g/mol. The van der Waals surface area contributed by atoms with E-state index in [9.17, 15) is 0 Å². The number of aryl methyl sites for hydroxylation is 2. The second-order valence-corrected chi connectivity index (χ2v) is 7.98. The number of nitrogens with zero attached hydrogens (tertiary/aromatic N) is 4. The van der Waals surface area contributed by atoms with Gasteiger partial charge < -0.3 is 11.1 Å². The summed E-state index contributed by atoms with van der Waals surface area (Å²) in [4.78, 5) is 10.3. The maximum Gasteiger partial charge on any atom is 0.163 e. The first kappa shape index (κ1) is 19.9. The normalized spacial score (nSPS) is 10.9. The molecule has 1 aromatic carbocycles. The summed E-state index contributed by atoms with van der Waals surface area (Å²) in [5.41, 5.74) is 9.31. The molecule has 0 fully saturated rings. The topological polar surface area (TPSA) is 116 Å². The minimum atomic E-state index is 0.280. The summed E-state index contributed by atoms with van der Waals surface area (Å²) in [6.45, 7) is 2.75. The van der Waals surface area contributed by atoms with Crippen LogP contribution in [0.4, 0.5) is 11.6 Å². The quantitative estimate of drug-likeness (QED) is 0.359. The SMILES string of the molecule is Cc1nc(NCCCCCc2[nH]nc(N)c2C#N)c2c(-c3ccccc3)csc2n1. The lowest BCUT2D eigenvalue weighted by Gasteiger charge is -2.09. The lowest BCUT2D eigenvalue weighted by atomic mass is 10.1. The molecule has 152 valence electrons. The summed E-state index contributed by atoms with van der Waals surface area (Å²) >= 11 is 1.65. The Morgan fingerprint density at radius 3 is 2.80 bits per heavy atom. The largest absolute Gasteiger partial charge is 0.381 e. The average Bonchev–Trinajstić information content (AvgIpc) is 3.34. The first-order valence-electron chi connectivity index (χ1n) is 9.95. The van der Waals surface area contributed by atoms with Crippen LogP contribution in [0.1, 0.15) is 36.3 Å². The Bertz CT molecular complexity index is 1190. The fourth-order valence-corrected chi connectivity index (χ4v) is 4.51. The highest BCUT2D eigenvalue weighted by Gasteiger charge is 2.14. The van der Waals surface area contributed by atoms with Crippen LogP contribution in [0.2, 0.25) is 0 Å². The number of nitriles is 1. The molecule has 0 spiro atoms. The Hall–Kier alpha value is -3.44. The van der Waals surface area contributed by atoms with Crippen LogP contribution >= 0.6 is 11.3 Å². The van der Waals surface area contributed by atoms with Crippen LogP contribution in [-0.2, 0) is 6.42 Å². The molecule has 0 bridgehead atoms. The second kappa shape index (κ2) is 8.93. The average molecular weight is 418 g/mol. The van der Waals surface area contributed by atoms with E-state index in [1.54, 1.807) is 11.3 Å². The van der Waals surface area contributed by atoms with Crippen molar-refractivity contribution in [2.75, 3.05) is 17.6 Å². The summed E-state index contributed by atoms with van der Waals surface area (Å²) in [6, 6.07) is 12.5. The minimum Gasteiger partial charge on any atom is -0.381 e. The molecule has 0 atom stereocenters. The number of aromatic nitrogens is 4. The Balaban J connectivity index is 1.39. The summed E-state index contributed by atoms with van der Waals surface area (Å²) < 4.78 is 0. The molecule has 0 unspecified atom stereocenters. The van der Waals surface area contributed by atoms with Gasteiger partial charge in [-0.15, -0.1) is 11.3 Å². The molecule has 0 amide bonds. The van der Waals surface area contributed by atoms with Gasteiger partial charge in [-0.25, -0.2) is 9.97 Å². The van der Waals surface area contributed by atoms with Gasteiger partial charge in [0.2, 0.25) is 0 Å². The highest BCUT2D eigenvalue weighted by Crippen LogP contribution is 2.36. The smallest absolute Gasteiger partial charge is 0.163 e. The van der Waals surface area contributed by atoms with Crippen molar-refractivity contribution in [1.82, 2.24) is 20.2 Å². The first-order chi connectivity index (χ1) is 14.7. The number of hydrogen-bond donors (Lipinski definition) is 3. The van der Waals surface area contributed by atoms with E-state index in [2.05, 4.69) is 49.1 Å². The number of nitrogens with one attached hydrogen (secondary N) is 2. The summed E-state index contributed by atoms with van der Waals surface area (Å²) in [7, 11) is 0. The van der Waals surface area contributed by atoms with Gasteiger partial charge in [0.25, 0.3) is 0 Å². The lowest BCUT2D eigenvalue weighted by molar-refractivity contribution is 0.687. The van der Waals surface area contributed by atoms with E-state index in [1.807, 2.05) is 25.1 Å². The molecular formula is C22H23N7S. The highest BCUT2D eigenvalue weighted by atomic mass is 32.1. The number of nitrogens with two attached hydrogens (primary N) is 1. The van der Waals surface area contributed by atoms with Gasteiger partial charge in [-0.05, 0) is 31.7 Å². The maximum atomic E-state index is 9.14. The van der Waals surface area contributed by atoms with E-state index < -0.39 is 0 Å². The first-order valence-corrected chi connectivity index (χ1v) is 10.8. The zero-order valence-electron chi connectivity index (χ0n) is 16.8. The summed E-state index contributed by atoms with van der Waals surface area (Å²) in [6.07, 6.45) is 3.76. The molecule has 4 aromatic rings. The molecule has 0 aliphatic carbocycles. The molecule has 0 aliphatic heterocycles. The van der Waals surface area contributed by atoms with E-state index in [0.29, 0.717) is 5.56 Å². The van der Waals surface area contributed by atoms with Gasteiger partial charge in [-0.3, -0.25) is 5.10 Å². The van der Waals surface area contributed by atoms with E-state index in [4.69, 9.17) is 11.0 Å². The van der Waals surface area contributed by atoms with Gasteiger partial charge in [-0.2, -0.15) is 10.4 Å². The van der Waals surface area contributed by atoms with Crippen molar-refractivity contribution in [3.63, 3.8) is 0 Å². The predicted octanol–water partition coefficient (Wildman–Crippen LogP) is 4.67. The van der Waals surface area contributed by atoms with Crippen molar-refractivity contribution in [2.45, 2.75) is 32.6 Å². The molecule has 3 aromatic heterocycles. The Morgan fingerprint density at radius 1 is 1.17 bits per heavy atom. The predicted molar refractivity (Wildman–Crippen MR) is 121 cm³/mol. The molecule has 0 radical (unpaired) electrons. The van der Waals surface area contributed by atoms with Gasteiger partial charge in [0, 0.05) is 17.5 Å². The molecule has 0 aliphatic rings. The minimum absolute atomic E-state index is 0.280. The molecule has 4 rings (SSSR count). The summed E-state index contributed by atoms with van der Waals surface area (Å²) in [5.74, 6) is 1.94. The monoisotopic (exact) mass is 417 g/mol. The third-order valence-electron chi connectivity index (χ3n) is 5.01. The number of H-pyrrole nitrogens is 1. The number of benzene rings is 1. The van der Waals surface area contributed by atoms with Crippen molar-refractivity contribution < 1.29 is 0 Å². The van der Waals surface area contributed by atoms with E-state index in [1.165, 1.54) is 11.1 Å². The van der Waals surface area contributed by atoms with Gasteiger partial charge in [0.1, 0.15) is 28.1 Å². The zero-order chi connectivity index (χ0) is 20.9. The standard InChI is InChI=1S/C22H23N7S/c1-14-26-21(19-17(13-30-22(19)27-14)15-8-4-2-5-9-15)25-11-7-3-6-10-18-16(12-23)20(24)29-28-18/h2,4-5,8-9,13H,3,6-7,10-11H2,1H3,(H3,24,28,29)(H,25,26,27).